The average Bonchev–Trinajstić information content (AvgIpc) is 2.77. The molecule has 0 aliphatic carbocycles. The first-order valence-corrected chi connectivity index (χ1v) is 11.3. The van der Waals surface area contributed by atoms with E-state index in [-0.39, 0.29) is 17.5 Å². The molecule has 6 nitrogen and oxygen atoms in total. The molecule has 0 saturated carbocycles. The van der Waals surface area contributed by atoms with Gasteiger partial charge in [-0.2, -0.15) is 0 Å². The van der Waals surface area contributed by atoms with Crippen molar-refractivity contribution in [3.63, 3.8) is 0 Å². The third-order valence-electron chi connectivity index (χ3n) is 5.80. The first-order chi connectivity index (χ1) is 15.0. The lowest BCUT2D eigenvalue weighted by Gasteiger charge is -2.36. The Morgan fingerprint density at radius 2 is 1.81 bits per heavy atom. The molecule has 2 aromatic rings. The number of phenolic OH excluding ortho intramolecular Hbond substituents is 1. The number of benzene rings is 1. The van der Waals surface area contributed by atoms with Crippen LogP contribution in [0.5, 0.6) is 11.5 Å². The van der Waals surface area contributed by atoms with Crippen LogP contribution in [0.1, 0.15) is 49.0 Å². The van der Waals surface area contributed by atoms with Gasteiger partial charge in [0.25, 0.3) is 0 Å². The largest absolute Gasteiger partial charge is 0.507 e. The molecule has 2 heterocycles. The minimum atomic E-state index is -0.0221. The van der Waals surface area contributed by atoms with Gasteiger partial charge in [-0.05, 0) is 56.5 Å². The Labute approximate surface area is 185 Å². The van der Waals surface area contributed by atoms with Crippen molar-refractivity contribution in [3.05, 3.63) is 47.8 Å². The molecular weight excluding hydrogens is 390 g/mol. The highest BCUT2D eigenvalue weighted by Gasteiger charge is 2.18. The number of nitrogens with zero attached hydrogens (tertiary/aromatic N) is 3. The molecule has 1 aromatic heterocycles. The second-order valence-corrected chi connectivity index (χ2v) is 8.70. The van der Waals surface area contributed by atoms with E-state index in [9.17, 15) is 9.90 Å². The highest BCUT2D eigenvalue weighted by atomic mass is 16.5. The van der Waals surface area contributed by atoms with Gasteiger partial charge in [0.1, 0.15) is 11.5 Å². The Morgan fingerprint density at radius 3 is 2.48 bits per heavy atom. The van der Waals surface area contributed by atoms with Gasteiger partial charge in [-0.15, -0.1) is 0 Å². The SMILES string of the molecule is Cc1c(OCCCCN2CCN(c3ccncc3)CC2)ccc(C(=O)CC(C)C)c1O. The lowest BCUT2D eigenvalue weighted by atomic mass is 9.98. The second kappa shape index (κ2) is 11.1. The van der Waals surface area contributed by atoms with Gasteiger partial charge in [-0.1, -0.05) is 13.8 Å². The molecule has 1 aliphatic heterocycles. The molecule has 0 bridgehead atoms. The van der Waals surface area contributed by atoms with E-state index < -0.39 is 0 Å². The standard InChI is InChI=1S/C25H35N3O3/c1-19(2)18-23(29)22-6-7-24(20(3)25(22)30)31-17-5-4-12-27-13-15-28(16-14-27)21-8-10-26-11-9-21/h6-11,19,30H,4-5,12-18H2,1-3H3. The first kappa shape index (κ1) is 23.1. The molecule has 1 fully saturated rings. The van der Waals surface area contributed by atoms with Crippen molar-refractivity contribution in [2.24, 2.45) is 5.92 Å². The smallest absolute Gasteiger partial charge is 0.166 e. The second-order valence-electron chi connectivity index (χ2n) is 8.70. The summed E-state index contributed by atoms with van der Waals surface area (Å²) in [6.07, 6.45) is 6.16. The van der Waals surface area contributed by atoms with Crippen LogP contribution in [0, 0.1) is 12.8 Å². The van der Waals surface area contributed by atoms with E-state index in [4.69, 9.17) is 4.74 Å². The van der Waals surface area contributed by atoms with E-state index >= 15 is 0 Å². The molecule has 0 amide bonds. The number of ketones is 1. The first-order valence-electron chi connectivity index (χ1n) is 11.3. The van der Waals surface area contributed by atoms with E-state index in [1.165, 1.54) is 5.69 Å². The zero-order chi connectivity index (χ0) is 22.2. The van der Waals surface area contributed by atoms with Crippen LogP contribution in [0.3, 0.4) is 0 Å². The molecule has 6 heteroatoms. The fraction of sp³-hybridized carbons (Fsp3) is 0.520. The molecule has 1 aromatic carbocycles. The number of anilines is 1. The number of unbranched alkanes of at least 4 members (excludes halogenated alkanes) is 1. The number of aromatic nitrogens is 1. The maximum Gasteiger partial charge on any atom is 0.166 e. The number of carbonyl (C=O) groups is 1. The van der Waals surface area contributed by atoms with Crippen LogP contribution in [-0.2, 0) is 0 Å². The number of hydrogen-bond acceptors (Lipinski definition) is 6. The third kappa shape index (κ3) is 6.44. The Hall–Kier alpha value is -2.60. The number of hydrogen-bond donors (Lipinski definition) is 1. The van der Waals surface area contributed by atoms with Gasteiger partial charge in [0.2, 0.25) is 0 Å². The van der Waals surface area contributed by atoms with Crippen molar-refractivity contribution in [3.8, 4) is 11.5 Å². The topological polar surface area (TPSA) is 65.9 Å². The molecule has 1 N–H and O–H groups in total. The Balaban J connectivity index is 1.37. The molecule has 0 atom stereocenters. The predicted molar refractivity (Wildman–Crippen MR) is 124 cm³/mol. The van der Waals surface area contributed by atoms with Crippen LogP contribution >= 0.6 is 0 Å². The molecule has 0 spiro atoms. The lowest BCUT2D eigenvalue weighted by Crippen LogP contribution is -2.46. The van der Waals surface area contributed by atoms with Crippen molar-refractivity contribution >= 4 is 11.5 Å². The predicted octanol–water partition coefficient (Wildman–Crippen LogP) is 4.31. The van der Waals surface area contributed by atoms with Crippen LogP contribution in [0.4, 0.5) is 5.69 Å². The van der Waals surface area contributed by atoms with E-state index in [0.717, 1.165) is 45.6 Å². The van der Waals surface area contributed by atoms with Crippen LogP contribution in [-0.4, -0.2) is 60.1 Å². The molecule has 3 rings (SSSR count). The van der Waals surface area contributed by atoms with Crippen molar-refractivity contribution in [1.29, 1.82) is 0 Å². The highest BCUT2D eigenvalue weighted by Crippen LogP contribution is 2.32. The Morgan fingerprint density at radius 1 is 1.10 bits per heavy atom. The minimum Gasteiger partial charge on any atom is -0.507 e. The van der Waals surface area contributed by atoms with E-state index in [1.54, 1.807) is 19.1 Å². The van der Waals surface area contributed by atoms with Crippen LogP contribution in [0.15, 0.2) is 36.7 Å². The molecule has 31 heavy (non-hydrogen) atoms. The summed E-state index contributed by atoms with van der Waals surface area (Å²) < 4.78 is 5.89. The average molecular weight is 426 g/mol. The van der Waals surface area contributed by atoms with Crippen LogP contribution in [0.25, 0.3) is 0 Å². The van der Waals surface area contributed by atoms with Crippen molar-refractivity contribution in [1.82, 2.24) is 9.88 Å². The zero-order valence-electron chi connectivity index (χ0n) is 19.0. The van der Waals surface area contributed by atoms with E-state index in [1.807, 2.05) is 26.2 Å². The Bertz CT molecular complexity index is 847. The quantitative estimate of drug-likeness (QED) is 0.452. The molecule has 1 saturated heterocycles. The maximum atomic E-state index is 12.3. The van der Waals surface area contributed by atoms with Crippen molar-refractivity contribution in [2.45, 2.75) is 40.0 Å². The van der Waals surface area contributed by atoms with Gasteiger partial charge >= 0.3 is 0 Å². The summed E-state index contributed by atoms with van der Waals surface area (Å²) in [5.41, 5.74) is 2.28. The van der Waals surface area contributed by atoms with Crippen LogP contribution < -0.4 is 9.64 Å². The summed E-state index contributed by atoms with van der Waals surface area (Å²) in [5, 5.41) is 10.4. The molecule has 1 aliphatic rings. The molecule has 0 unspecified atom stereocenters. The summed E-state index contributed by atoms with van der Waals surface area (Å²) in [6, 6.07) is 7.63. The number of ether oxygens (including phenoxy) is 1. The van der Waals surface area contributed by atoms with Gasteiger partial charge < -0.3 is 14.7 Å². The van der Waals surface area contributed by atoms with Gasteiger partial charge in [0.05, 0.1) is 12.2 Å². The summed E-state index contributed by atoms with van der Waals surface area (Å²) in [6.45, 7) is 11.7. The summed E-state index contributed by atoms with van der Waals surface area (Å²) in [7, 11) is 0. The number of carbonyl (C=O) groups excluding carboxylic acids is 1. The third-order valence-corrected chi connectivity index (χ3v) is 5.80. The molecular formula is C25H35N3O3. The lowest BCUT2D eigenvalue weighted by molar-refractivity contribution is 0.0965. The zero-order valence-corrected chi connectivity index (χ0v) is 19.0. The number of aromatic hydroxyl groups is 1. The van der Waals surface area contributed by atoms with Gasteiger partial charge in [-0.3, -0.25) is 14.7 Å². The summed E-state index contributed by atoms with van der Waals surface area (Å²) in [5.74, 6) is 0.952. The highest BCUT2D eigenvalue weighted by molar-refractivity contribution is 5.99. The summed E-state index contributed by atoms with van der Waals surface area (Å²) in [4.78, 5) is 21.3. The fourth-order valence-corrected chi connectivity index (χ4v) is 3.95. The number of rotatable bonds is 10. The van der Waals surface area contributed by atoms with Crippen molar-refractivity contribution < 1.29 is 14.6 Å². The minimum absolute atomic E-state index is 0.0221. The monoisotopic (exact) mass is 425 g/mol. The number of phenols is 1. The maximum absolute atomic E-state index is 12.3. The number of Topliss-reactive ketones (excluding diaryl/α,β-unsaturated/α-hetero) is 1. The molecule has 168 valence electrons. The number of pyridine rings is 1. The number of piperazine rings is 1. The summed E-state index contributed by atoms with van der Waals surface area (Å²) >= 11 is 0. The van der Waals surface area contributed by atoms with E-state index in [0.29, 0.717) is 29.9 Å². The normalized spacial score (nSPS) is 14.8. The van der Waals surface area contributed by atoms with Gasteiger partial charge in [0.15, 0.2) is 5.78 Å². The Kier molecular flexibility index (Phi) is 8.29. The van der Waals surface area contributed by atoms with Gasteiger partial charge in [0, 0.05) is 56.2 Å². The molecule has 0 radical (unpaired) electrons. The van der Waals surface area contributed by atoms with Gasteiger partial charge in [-0.25, -0.2) is 0 Å². The van der Waals surface area contributed by atoms with Crippen molar-refractivity contribution in [2.75, 3.05) is 44.2 Å². The van der Waals surface area contributed by atoms with Crippen LogP contribution in [0.2, 0.25) is 0 Å². The fourth-order valence-electron chi connectivity index (χ4n) is 3.95. The van der Waals surface area contributed by atoms with E-state index in [2.05, 4.69) is 26.9 Å².